The molecule has 0 saturated carbocycles. The van der Waals surface area contributed by atoms with Gasteiger partial charge in [0.2, 0.25) is 0 Å². The smallest absolute Gasteiger partial charge is 0.259 e. The van der Waals surface area contributed by atoms with Crippen LogP contribution in [0, 0.1) is 0 Å². The van der Waals surface area contributed by atoms with Crippen LogP contribution in [-0.2, 0) is 6.42 Å². The first-order valence-electron chi connectivity index (χ1n) is 6.26. The van der Waals surface area contributed by atoms with Crippen molar-refractivity contribution in [2.24, 2.45) is 0 Å². The van der Waals surface area contributed by atoms with Gasteiger partial charge in [-0.2, -0.15) is 0 Å². The number of hydrogen-bond acceptors (Lipinski definition) is 2. The predicted octanol–water partition coefficient (Wildman–Crippen LogP) is 3.06. The van der Waals surface area contributed by atoms with Crippen LogP contribution in [0.5, 0.6) is 0 Å². The molecular formula is C16H13NOS. The molecule has 0 aliphatic carbocycles. The largest absolute Gasteiger partial charge is 0.298 e. The summed E-state index contributed by atoms with van der Waals surface area (Å²) >= 11 is 5.39. The molecule has 1 amide bonds. The van der Waals surface area contributed by atoms with Crippen molar-refractivity contribution in [3.63, 3.8) is 0 Å². The summed E-state index contributed by atoms with van der Waals surface area (Å²) < 4.78 is 0. The van der Waals surface area contributed by atoms with Crippen molar-refractivity contribution in [2.75, 3.05) is 6.54 Å². The molecule has 94 valence electrons. The van der Waals surface area contributed by atoms with Gasteiger partial charge in [-0.15, -0.1) is 0 Å². The summed E-state index contributed by atoms with van der Waals surface area (Å²) in [7, 11) is 0. The first-order chi connectivity index (χ1) is 9.27. The number of benzene rings is 2. The van der Waals surface area contributed by atoms with E-state index in [1.165, 1.54) is 5.56 Å². The molecule has 0 atom stereocenters. The van der Waals surface area contributed by atoms with Crippen LogP contribution in [0.15, 0.2) is 54.6 Å². The SMILES string of the molecule is O=C1c2ccccc2C(=S)N1CCc1ccccc1. The fourth-order valence-corrected chi connectivity index (χ4v) is 2.68. The molecule has 2 nitrogen and oxygen atoms in total. The first kappa shape index (κ1) is 12.1. The molecule has 1 aliphatic heterocycles. The van der Waals surface area contributed by atoms with Crippen LogP contribution in [0.4, 0.5) is 0 Å². The molecular weight excluding hydrogens is 254 g/mol. The highest BCUT2D eigenvalue weighted by molar-refractivity contribution is 7.80. The minimum absolute atomic E-state index is 0.0246. The molecule has 0 unspecified atom stereocenters. The van der Waals surface area contributed by atoms with Crippen LogP contribution >= 0.6 is 12.2 Å². The number of rotatable bonds is 3. The highest BCUT2D eigenvalue weighted by Gasteiger charge is 2.31. The second kappa shape index (κ2) is 4.94. The van der Waals surface area contributed by atoms with E-state index in [1.807, 2.05) is 42.5 Å². The highest BCUT2D eigenvalue weighted by Crippen LogP contribution is 2.23. The lowest BCUT2D eigenvalue weighted by atomic mass is 10.1. The molecule has 0 saturated heterocycles. The van der Waals surface area contributed by atoms with E-state index in [2.05, 4.69) is 12.1 Å². The molecule has 0 bridgehead atoms. The number of fused-ring (bicyclic) bond motifs is 1. The van der Waals surface area contributed by atoms with E-state index < -0.39 is 0 Å². The van der Waals surface area contributed by atoms with E-state index in [0.29, 0.717) is 11.5 Å². The van der Waals surface area contributed by atoms with E-state index in [0.717, 1.165) is 17.5 Å². The van der Waals surface area contributed by atoms with E-state index in [4.69, 9.17) is 12.2 Å². The molecule has 0 N–H and O–H groups in total. The van der Waals surface area contributed by atoms with Crippen LogP contribution in [0.1, 0.15) is 21.5 Å². The summed E-state index contributed by atoms with van der Waals surface area (Å²) in [5.41, 5.74) is 2.82. The second-order valence-electron chi connectivity index (χ2n) is 4.54. The van der Waals surface area contributed by atoms with Crippen LogP contribution in [0.25, 0.3) is 0 Å². The van der Waals surface area contributed by atoms with Crippen molar-refractivity contribution in [3.8, 4) is 0 Å². The molecule has 0 radical (unpaired) electrons. The molecule has 2 aromatic carbocycles. The van der Waals surface area contributed by atoms with Gasteiger partial charge in [-0.25, -0.2) is 0 Å². The van der Waals surface area contributed by atoms with Gasteiger partial charge in [0, 0.05) is 12.1 Å². The Hall–Kier alpha value is -2.00. The third-order valence-electron chi connectivity index (χ3n) is 3.35. The minimum atomic E-state index is 0.0246. The van der Waals surface area contributed by atoms with Crippen LogP contribution in [0.2, 0.25) is 0 Å². The Morgan fingerprint density at radius 3 is 2.21 bits per heavy atom. The Balaban J connectivity index is 1.78. The lowest BCUT2D eigenvalue weighted by Crippen LogP contribution is -2.31. The third-order valence-corrected chi connectivity index (χ3v) is 3.79. The predicted molar refractivity (Wildman–Crippen MR) is 79.3 cm³/mol. The molecule has 3 heteroatoms. The normalized spacial score (nSPS) is 13.8. The average molecular weight is 267 g/mol. The van der Waals surface area contributed by atoms with Crippen LogP contribution < -0.4 is 0 Å². The average Bonchev–Trinajstić information content (AvgIpc) is 2.71. The number of carbonyl (C=O) groups is 1. The van der Waals surface area contributed by atoms with Gasteiger partial charge < -0.3 is 0 Å². The molecule has 1 heterocycles. The number of thiocarbonyl (C=S) groups is 1. The fraction of sp³-hybridized carbons (Fsp3) is 0.125. The zero-order chi connectivity index (χ0) is 13.2. The summed E-state index contributed by atoms with van der Waals surface area (Å²) in [5.74, 6) is 0.0246. The van der Waals surface area contributed by atoms with E-state index in [1.54, 1.807) is 4.90 Å². The Bertz CT molecular complexity index is 601. The quantitative estimate of drug-likeness (QED) is 0.797. The van der Waals surface area contributed by atoms with Gasteiger partial charge in [-0.3, -0.25) is 9.69 Å². The summed E-state index contributed by atoms with van der Waals surface area (Å²) in [5, 5.41) is 0. The van der Waals surface area contributed by atoms with Gasteiger partial charge in [0.15, 0.2) is 0 Å². The molecule has 1 aliphatic rings. The Labute approximate surface area is 117 Å². The van der Waals surface area contributed by atoms with Crippen LogP contribution in [-0.4, -0.2) is 22.3 Å². The van der Waals surface area contributed by atoms with Gasteiger partial charge in [0.1, 0.15) is 4.99 Å². The zero-order valence-electron chi connectivity index (χ0n) is 10.4. The number of hydrogen-bond donors (Lipinski definition) is 0. The minimum Gasteiger partial charge on any atom is -0.298 e. The van der Waals surface area contributed by atoms with E-state index in [-0.39, 0.29) is 5.91 Å². The Morgan fingerprint density at radius 1 is 0.895 bits per heavy atom. The Kier molecular flexibility index (Phi) is 3.13. The lowest BCUT2D eigenvalue weighted by molar-refractivity contribution is 0.0863. The maximum absolute atomic E-state index is 12.3. The van der Waals surface area contributed by atoms with Gasteiger partial charge >= 0.3 is 0 Å². The standard InChI is InChI=1S/C16H13NOS/c18-15-13-8-4-5-9-14(13)16(19)17(15)11-10-12-6-2-1-3-7-12/h1-9H,10-11H2. The number of amides is 1. The van der Waals surface area contributed by atoms with Gasteiger partial charge in [0.25, 0.3) is 5.91 Å². The number of carbonyl (C=O) groups excluding carboxylic acids is 1. The first-order valence-corrected chi connectivity index (χ1v) is 6.67. The summed E-state index contributed by atoms with van der Waals surface area (Å²) in [6, 6.07) is 17.7. The molecule has 19 heavy (non-hydrogen) atoms. The van der Waals surface area contributed by atoms with Crippen molar-refractivity contribution in [1.29, 1.82) is 0 Å². The van der Waals surface area contributed by atoms with Gasteiger partial charge in [-0.1, -0.05) is 60.7 Å². The molecule has 0 spiro atoms. The van der Waals surface area contributed by atoms with Crippen LogP contribution in [0.3, 0.4) is 0 Å². The molecule has 0 aromatic heterocycles. The van der Waals surface area contributed by atoms with Crippen molar-refractivity contribution >= 4 is 23.1 Å². The highest BCUT2D eigenvalue weighted by atomic mass is 32.1. The summed E-state index contributed by atoms with van der Waals surface area (Å²) in [4.78, 5) is 14.6. The molecule has 0 fully saturated rings. The summed E-state index contributed by atoms with van der Waals surface area (Å²) in [6.07, 6.45) is 0.820. The topological polar surface area (TPSA) is 20.3 Å². The van der Waals surface area contributed by atoms with Crippen molar-refractivity contribution in [2.45, 2.75) is 6.42 Å². The van der Waals surface area contributed by atoms with E-state index >= 15 is 0 Å². The van der Waals surface area contributed by atoms with Crippen molar-refractivity contribution in [3.05, 3.63) is 71.3 Å². The van der Waals surface area contributed by atoms with Crippen molar-refractivity contribution < 1.29 is 4.79 Å². The number of nitrogens with zero attached hydrogens (tertiary/aromatic N) is 1. The van der Waals surface area contributed by atoms with Gasteiger partial charge in [0.05, 0.1) is 5.56 Å². The monoisotopic (exact) mass is 267 g/mol. The fourth-order valence-electron chi connectivity index (χ4n) is 2.33. The lowest BCUT2D eigenvalue weighted by Gasteiger charge is -2.15. The third kappa shape index (κ3) is 2.17. The molecule has 2 aromatic rings. The summed E-state index contributed by atoms with van der Waals surface area (Å²) in [6.45, 7) is 0.635. The zero-order valence-corrected chi connectivity index (χ0v) is 11.2. The molecule has 3 rings (SSSR count). The van der Waals surface area contributed by atoms with E-state index in [9.17, 15) is 4.79 Å². The van der Waals surface area contributed by atoms with Crippen molar-refractivity contribution in [1.82, 2.24) is 4.90 Å². The Morgan fingerprint density at radius 2 is 1.53 bits per heavy atom. The maximum atomic E-state index is 12.3. The second-order valence-corrected chi connectivity index (χ2v) is 4.93. The maximum Gasteiger partial charge on any atom is 0.259 e. The van der Waals surface area contributed by atoms with Gasteiger partial charge in [-0.05, 0) is 18.1 Å².